The number of aromatic nitrogens is 2. The Balaban J connectivity index is 2.64. The molecular weight excluding hydrogens is 280 g/mol. The molecule has 1 aromatic carbocycles. The zero-order chi connectivity index (χ0) is 17.3. The van der Waals surface area contributed by atoms with Crippen LogP contribution in [0.5, 0.6) is 0 Å². The van der Waals surface area contributed by atoms with E-state index in [-0.39, 0.29) is 10.8 Å². The number of rotatable bonds is 4. The maximum atomic E-state index is 4.63. The molecule has 2 aromatic rings. The van der Waals surface area contributed by atoms with Crippen LogP contribution >= 0.6 is 0 Å². The number of nitrogens with zero attached hydrogens (tertiary/aromatic N) is 2. The summed E-state index contributed by atoms with van der Waals surface area (Å²) < 4.78 is 2.14. The van der Waals surface area contributed by atoms with Gasteiger partial charge in [-0.05, 0) is 17.4 Å². The average molecular weight is 311 g/mol. The summed E-state index contributed by atoms with van der Waals surface area (Å²) in [5.74, 6) is 0. The summed E-state index contributed by atoms with van der Waals surface area (Å²) in [4.78, 5) is 4.63. The van der Waals surface area contributed by atoms with E-state index in [0.717, 1.165) is 5.69 Å². The van der Waals surface area contributed by atoms with Gasteiger partial charge in [-0.1, -0.05) is 77.2 Å². The van der Waals surface area contributed by atoms with Crippen LogP contribution in [0.2, 0.25) is 0 Å². The molecule has 0 fully saturated rings. The Hall–Kier alpha value is -1.70. The van der Waals surface area contributed by atoms with Crippen LogP contribution in [0.1, 0.15) is 65.6 Å². The Morgan fingerprint density at radius 2 is 1.70 bits per heavy atom. The summed E-state index contributed by atoms with van der Waals surface area (Å²) >= 11 is 0. The van der Waals surface area contributed by atoms with E-state index in [9.17, 15) is 0 Å². The van der Waals surface area contributed by atoms with E-state index in [4.69, 9.17) is 0 Å². The second kappa shape index (κ2) is 6.43. The van der Waals surface area contributed by atoms with E-state index < -0.39 is 0 Å². The Bertz CT molecular complexity index is 678. The third-order valence-electron chi connectivity index (χ3n) is 4.60. The predicted molar refractivity (Wildman–Crippen MR) is 97.5 cm³/mol. The maximum absolute atomic E-state index is 4.63. The van der Waals surface area contributed by atoms with Crippen molar-refractivity contribution in [2.75, 3.05) is 0 Å². The van der Waals surface area contributed by atoms with Gasteiger partial charge in [0.25, 0.3) is 6.33 Å². The molecular formula is C21H31N2+. The first kappa shape index (κ1) is 17.7. The summed E-state index contributed by atoms with van der Waals surface area (Å²) in [6.07, 6.45) is 4.32. The quantitative estimate of drug-likeness (QED) is 0.730. The van der Waals surface area contributed by atoms with Crippen molar-refractivity contribution in [3.8, 4) is 11.3 Å². The van der Waals surface area contributed by atoms with Gasteiger partial charge in [-0.15, -0.1) is 0 Å². The molecule has 0 amide bonds. The molecule has 1 heterocycles. The normalized spacial score (nSPS) is 12.5. The minimum absolute atomic E-state index is 0.0525. The average Bonchev–Trinajstić information content (AvgIpc) is 2.46. The molecule has 0 atom stereocenters. The molecule has 0 aliphatic carbocycles. The molecule has 0 saturated heterocycles. The maximum Gasteiger partial charge on any atom is 0.286 e. The fourth-order valence-corrected chi connectivity index (χ4v) is 3.21. The molecule has 2 heteroatoms. The third kappa shape index (κ3) is 3.80. The van der Waals surface area contributed by atoms with Gasteiger partial charge in [0.2, 0.25) is 0 Å². The smallest absolute Gasteiger partial charge is 0.233 e. The lowest BCUT2D eigenvalue weighted by Gasteiger charge is -2.27. The van der Waals surface area contributed by atoms with Crippen LogP contribution in [0.4, 0.5) is 0 Å². The molecule has 0 spiro atoms. The van der Waals surface area contributed by atoms with Crippen molar-refractivity contribution in [3.05, 3.63) is 47.9 Å². The van der Waals surface area contributed by atoms with Gasteiger partial charge in [-0.25, -0.2) is 4.57 Å². The Morgan fingerprint density at radius 3 is 2.30 bits per heavy atom. The number of aryl methyl sites for hydroxylation is 1. The first-order valence-electron chi connectivity index (χ1n) is 8.63. The van der Waals surface area contributed by atoms with Gasteiger partial charge in [0.05, 0.1) is 7.05 Å². The summed E-state index contributed by atoms with van der Waals surface area (Å²) in [6, 6.07) is 11.1. The molecule has 124 valence electrons. The Kier molecular flexibility index (Phi) is 4.93. The fourth-order valence-electron chi connectivity index (χ4n) is 3.21. The van der Waals surface area contributed by atoms with Gasteiger partial charge in [-0.3, -0.25) is 0 Å². The van der Waals surface area contributed by atoms with Gasteiger partial charge in [-0.2, -0.15) is 0 Å². The number of benzene rings is 1. The van der Waals surface area contributed by atoms with Crippen LogP contribution in [0, 0.1) is 0 Å². The van der Waals surface area contributed by atoms with Crippen LogP contribution < -0.4 is 4.57 Å². The SMILES string of the molecule is CCCC(C)(C)c1ccccc1-c1cc(C(C)(C)C)nc[n+]1C. The van der Waals surface area contributed by atoms with E-state index in [1.54, 1.807) is 0 Å². The Labute approximate surface area is 141 Å². The van der Waals surface area contributed by atoms with Gasteiger partial charge < -0.3 is 0 Å². The zero-order valence-corrected chi connectivity index (χ0v) is 15.8. The van der Waals surface area contributed by atoms with Gasteiger partial charge >= 0.3 is 0 Å². The lowest BCUT2D eigenvalue weighted by molar-refractivity contribution is -0.663. The monoisotopic (exact) mass is 311 g/mol. The van der Waals surface area contributed by atoms with Crippen molar-refractivity contribution in [3.63, 3.8) is 0 Å². The summed E-state index contributed by atoms with van der Waals surface area (Å²) in [5, 5.41) is 0. The minimum atomic E-state index is 0.0525. The molecule has 2 rings (SSSR count). The van der Waals surface area contributed by atoms with Crippen molar-refractivity contribution in [1.82, 2.24) is 4.98 Å². The highest BCUT2D eigenvalue weighted by atomic mass is 15.0. The van der Waals surface area contributed by atoms with Crippen LogP contribution in [0.15, 0.2) is 36.7 Å². The van der Waals surface area contributed by atoms with E-state index in [1.807, 2.05) is 6.33 Å². The van der Waals surface area contributed by atoms with Crippen molar-refractivity contribution < 1.29 is 4.57 Å². The molecule has 0 bridgehead atoms. The van der Waals surface area contributed by atoms with E-state index >= 15 is 0 Å². The summed E-state index contributed by atoms with van der Waals surface area (Å²) in [5.41, 5.74) is 5.34. The van der Waals surface area contributed by atoms with Crippen LogP contribution in [-0.2, 0) is 17.9 Å². The van der Waals surface area contributed by atoms with E-state index in [1.165, 1.54) is 29.7 Å². The molecule has 1 aromatic heterocycles. The van der Waals surface area contributed by atoms with Gasteiger partial charge in [0.15, 0.2) is 5.69 Å². The van der Waals surface area contributed by atoms with Crippen LogP contribution in [0.25, 0.3) is 11.3 Å². The van der Waals surface area contributed by atoms with Crippen molar-refractivity contribution in [2.45, 2.75) is 65.2 Å². The zero-order valence-electron chi connectivity index (χ0n) is 15.8. The molecule has 0 radical (unpaired) electrons. The van der Waals surface area contributed by atoms with E-state index in [2.05, 4.69) is 88.5 Å². The highest BCUT2D eigenvalue weighted by Gasteiger charge is 2.27. The first-order chi connectivity index (χ1) is 10.7. The first-order valence-corrected chi connectivity index (χ1v) is 8.63. The molecule has 0 saturated carbocycles. The summed E-state index contributed by atoms with van der Waals surface area (Å²) in [7, 11) is 2.08. The van der Waals surface area contributed by atoms with Crippen LogP contribution in [0.3, 0.4) is 0 Å². The molecule has 23 heavy (non-hydrogen) atoms. The predicted octanol–water partition coefficient (Wildman–Crippen LogP) is 4.95. The molecule has 2 nitrogen and oxygen atoms in total. The second-order valence-electron chi connectivity index (χ2n) is 8.20. The van der Waals surface area contributed by atoms with Crippen molar-refractivity contribution in [1.29, 1.82) is 0 Å². The van der Waals surface area contributed by atoms with Gasteiger partial charge in [0, 0.05) is 17.0 Å². The Morgan fingerprint density at radius 1 is 1.04 bits per heavy atom. The molecule has 0 aliphatic heterocycles. The minimum Gasteiger partial charge on any atom is -0.233 e. The largest absolute Gasteiger partial charge is 0.286 e. The molecule has 0 N–H and O–H groups in total. The number of hydrogen-bond donors (Lipinski definition) is 0. The summed E-state index contributed by atoms with van der Waals surface area (Å²) in [6.45, 7) is 13.6. The topological polar surface area (TPSA) is 16.8 Å². The van der Waals surface area contributed by atoms with Gasteiger partial charge in [0.1, 0.15) is 5.69 Å². The highest BCUT2D eigenvalue weighted by Crippen LogP contribution is 2.35. The van der Waals surface area contributed by atoms with Crippen molar-refractivity contribution in [2.24, 2.45) is 7.05 Å². The number of hydrogen-bond acceptors (Lipinski definition) is 1. The second-order valence-corrected chi connectivity index (χ2v) is 8.20. The standard InChI is InChI=1S/C21H31N2/c1-8-13-21(5,6)17-12-10-9-11-16(17)18-14-19(20(2,3)4)22-15-23(18)7/h9-12,14-15H,8,13H2,1-7H3/q+1. The highest BCUT2D eigenvalue weighted by molar-refractivity contribution is 5.63. The molecule has 0 aliphatic rings. The fraction of sp³-hybridized carbons (Fsp3) is 0.524. The van der Waals surface area contributed by atoms with Crippen molar-refractivity contribution >= 4 is 0 Å². The van der Waals surface area contributed by atoms with E-state index in [0.29, 0.717) is 0 Å². The lowest BCUT2D eigenvalue weighted by Crippen LogP contribution is -2.34. The lowest BCUT2D eigenvalue weighted by atomic mass is 9.77. The van der Waals surface area contributed by atoms with Crippen LogP contribution in [-0.4, -0.2) is 4.98 Å². The third-order valence-corrected chi connectivity index (χ3v) is 4.60. The molecule has 0 unspecified atom stereocenters.